The SMILES string of the molecule is CCNC(c1ccsc1)c1ccncn1. The van der Waals surface area contributed by atoms with Crippen LogP contribution in [0.15, 0.2) is 35.4 Å². The van der Waals surface area contributed by atoms with Gasteiger partial charge in [-0.05, 0) is 35.0 Å². The summed E-state index contributed by atoms with van der Waals surface area (Å²) >= 11 is 1.71. The van der Waals surface area contributed by atoms with Crippen LogP contribution in [-0.2, 0) is 0 Å². The third-order valence-electron chi connectivity index (χ3n) is 2.19. The van der Waals surface area contributed by atoms with Crippen LogP contribution in [0.1, 0.15) is 24.2 Å². The highest BCUT2D eigenvalue weighted by atomic mass is 32.1. The number of nitrogens with one attached hydrogen (secondary N) is 1. The van der Waals surface area contributed by atoms with Crippen LogP contribution in [0, 0.1) is 0 Å². The number of hydrogen-bond donors (Lipinski definition) is 1. The van der Waals surface area contributed by atoms with Crippen molar-refractivity contribution in [2.45, 2.75) is 13.0 Å². The van der Waals surface area contributed by atoms with Crippen LogP contribution in [0.5, 0.6) is 0 Å². The summed E-state index contributed by atoms with van der Waals surface area (Å²) in [5, 5.41) is 7.65. The fourth-order valence-electron chi connectivity index (χ4n) is 1.51. The molecule has 0 aromatic carbocycles. The normalized spacial score (nSPS) is 12.6. The zero-order chi connectivity index (χ0) is 10.5. The molecule has 0 aliphatic heterocycles. The molecule has 0 fully saturated rings. The minimum Gasteiger partial charge on any atom is -0.305 e. The van der Waals surface area contributed by atoms with Gasteiger partial charge in [0.1, 0.15) is 6.33 Å². The van der Waals surface area contributed by atoms with E-state index in [0.29, 0.717) is 0 Å². The van der Waals surface area contributed by atoms with Crippen LogP contribution in [0.25, 0.3) is 0 Å². The van der Waals surface area contributed by atoms with Gasteiger partial charge in [0, 0.05) is 6.20 Å². The Kier molecular flexibility index (Phi) is 3.42. The first-order valence-corrected chi connectivity index (χ1v) is 5.87. The molecule has 2 heterocycles. The average Bonchev–Trinajstić information content (AvgIpc) is 2.80. The van der Waals surface area contributed by atoms with Gasteiger partial charge in [-0.3, -0.25) is 0 Å². The fraction of sp³-hybridized carbons (Fsp3) is 0.273. The molecule has 1 unspecified atom stereocenters. The Hall–Kier alpha value is -1.26. The van der Waals surface area contributed by atoms with Crippen LogP contribution < -0.4 is 5.32 Å². The lowest BCUT2D eigenvalue weighted by Gasteiger charge is -2.15. The van der Waals surface area contributed by atoms with Gasteiger partial charge in [0.05, 0.1) is 11.7 Å². The first-order chi connectivity index (χ1) is 7.42. The maximum absolute atomic E-state index is 4.28. The predicted octanol–water partition coefficient (Wildman–Crippen LogP) is 2.24. The van der Waals surface area contributed by atoms with Crippen LogP contribution in [0.2, 0.25) is 0 Å². The number of thiophene rings is 1. The van der Waals surface area contributed by atoms with Gasteiger partial charge >= 0.3 is 0 Å². The lowest BCUT2D eigenvalue weighted by Crippen LogP contribution is -2.22. The molecule has 78 valence electrons. The van der Waals surface area contributed by atoms with Crippen LogP contribution >= 0.6 is 11.3 Å². The largest absolute Gasteiger partial charge is 0.305 e. The summed E-state index contributed by atoms with van der Waals surface area (Å²) < 4.78 is 0. The molecule has 0 bridgehead atoms. The van der Waals surface area contributed by atoms with Crippen molar-refractivity contribution in [2.24, 2.45) is 0 Å². The van der Waals surface area contributed by atoms with E-state index in [4.69, 9.17) is 0 Å². The van der Waals surface area contributed by atoms with Crippen molar-refractivity contribution in [1.29, 1.82) is 0 Å². The van der Waals surface area contributed by atoms with Crippen LogP contribution in [0.4, 0.5) is 0 Å². The van der Waals surface area contributed by atoms with Gasteiger partial charge in [0.2, 0.25) is 0 Å². The average molecular weight is 219 g/mol. The van der Waals surface area contributed by atoms with Crippen molar-refractivity contribution in [3.63, 3.8) is 0 Å². The van der Waals surface area contributed by atoms with E-state index in [1.807, 2.05) is 6.07 Å². The summed E-state index contributed by atoms with van der Waals surface area (Å²) in [6.45, 7) is 3.02. The van der Waals surface area contributed by atoms with Gasteiger partial charge in [-0.1, -0.05) is 6.92 Å². The number of hydrogen-bond acceptors (Lipinski definition) is 4. The summed E-state index contributed by atoms with van der Waals surface area (Å²) in [5.41, 5.74) is 2.28. The van der Waals surface area contributed by atoms with E-state index in [9.17, 15) is 0 Å². The van der Waals surface area contributed by atoms with Gasteiger partial charge in [0.25, 0.3) is 0 Å². The van der Waals surface area contributed by atoms with Crippen molar-refractivity contribution in [2.75, 3.05) is 6.54 Å². The molecule has 0 saturated heterocycles. The Morgan fingerprint density at radius 1 is 1.47 bits per heavy atom. The van der Waals surface area contributed by atoms with E-state index < -0.39 is 0 Å². The van der Waals surface area contributed by atoms with Gasteiger partial charge in [-0.15, -0.1) is 0 Å². The second-order valence-electron chi connectivity index (χ2n) is 3.18. The quantitative estimate of drug-likeness (QED) is 0.857. The van der Waals surface area contributed by atoms with E-state index in [-0.39, 0.29) is 6.04 Å². The molecule has 1 N–H and O–H groups in total. The molecular weight excluding hydrogens is 206 g/mol. The molecular formula is C11H13N3S. The van der Waals surface area contributed by atoms with Crippen molar-refractivity contribution >= 4 is 11.3 Å². The first-order valence-electron chi connectivity index (χ1n) is 4.93. The summed E-state index contributed by atoms with van der Waals surface area (Å²) in [5.74, 6) is 0. The lowest BCUT2D eigenvalue weighted by atomic mass is 10.1. The second-order valence-corrected chi connectivity index (χ2v) is 3.96. The minimum atomic E-state index is 0.184. The Morgan fingerprint density at radius 3 is 3.00 bits per heavy atom. The molecule has 0 radical (unpaired) electrons. The van der Waals surface area contributed by atoms with Gasteiger partial charge in [0.15, 0.2) is 0 Å². The molecule has 2 rings (SSSR count). The Labute approximate surface area is 93.2 Å². The smallest absolute Gasteiger partial charge is 0.115 e. The molecule has 4 heteroatoms. The minimum absolute atomic E-state index is 0.184. The highest BCUT2D eigenvalue weighted by Gasteiger charge is 2.13. The molecule has 0 aliphatic rings. The topological polar surface area (TPSA) is 37.8 Å². The van der Waals surface area contributed by atoms with E-state index in [1.54, 1.807) is 23.9 Å². The van der Waals surface area contributed by atoms with Crippen LogP contribution in [0.3, 0.4) is 0 Å². The van der Waals surface area contributed by atoms with E-state index in [1.165, 1.54) is 5.56 Å². The van der Waals surface area contributed by atoms with Gasteiger partial charge < -0.3 is 5.32 Å². The molecule has 15 heavy (non-hydrogen) atoms. The summed E-state index contributed by atoms with van der Waals surface area (Å²) in [6.07, 6.45) is 3.37. The Balaban J connectivity index is 2.28. The van der Waals surface area contributed by atoms with Crippen LogP contribution in [-0.4, -0.2) is 16.5 Å². The highest BCUT2D eigenvalue weighted by molar-refractivity contribution is 7.08. The third-order valence-corrected chi connectivity index (χ3v) is 2.89. The Bertz CT molecular complexity index is 385. The zero-order valence-electron chi connectivity index (χ0n) is 8.55. The summed E-state index contributed by atoms with van der Waals surface area (Å²) in [6, 6.07) is 4.26. The van der Waals surface area contributed by atoms with E-state index in [0.717, 1.165) is 12.2 Å². The van der Waals surface area contributed by atoms with E-state index in [2.05, 4.69) is 39.0 Å². The van der Waals surface area contributed by atoms with Crippen molar-refractivity contribution in [3.05, 3.63) is 46.7 Å². The van der Waals surface area contributed by atoms with Crippen molar-refractivity contribution in [1.82, 2.24) is 15.3 Å². The third kappa shape index (κ3) is 2.40. The molecule has 0 aliphatic carbocycles. The summed E-state index contributed by atoms with van der Waals surface area (Å²) in [4.78, 5) is 8.22. The van der Waals surface area contributed by atoms with Crippen molar-refractivity contribution in [3.8, 4) is 0 Å². The van der Waals surface area contributed by atoms with Gasteiger partial charge in [-0.25, -0.2) is 9.97 Å². The Morgan fingerprint density at radius 2 is 2.40 bits per heavy atom. The maximum Gasteiger partial charge on any atom is 0.115 e. The number of nitrogens with zero attached hydrogens (tertiary/aromatic N) is 2. The molecule has 2 aromatic rings. The zero-order valence-corrected chi connectivity index (χ0v) is 9.37. The van der Waals surface area contributed by atoms with E-state index >= 15 is 0 Å². The summed E-state index contributed by atoms with van der Waals surface area (Å²) in [7, 11) is 0. The molecule has 0 amide bonds. The van der Waals surface area contributed by atoms with Gasteiger partial charge in [-0.2, -0.15) is 11.3 Å². The molecule has 0 spiro atoms. The number of aromatic nitrogens is 2. The fourth-order valence-corrected chi connectivity index (χ4v) is 2.19. The standard InChI is InChI=1S/C11H13N3S/c1-2-13-11(9-4-6-15-7-9)10-3-5-12-8-14-10/h3-8,11,13H,2H2,1H3. The molecule has 2 aromatic heterocycles. The molecule has 0 saturated carbocycles. The lowest BCUT2D eigenvalue weighted by molar-refractivity contribution is 0.615. The second kappa shape index (κ2) is 5.00. The van der Waals surface area contributed by atoms with Crippen molar-refractivity contribution < 1.29 is 0 Å². The highest BCUT2D eigenvalue weighted by Crippen LogP contribution is 2.21. The predicted molar refractivity (Wildman–Crippen MR) is 61.9 cm³/mol. The molecule has 3 nitrogen and oxygen atoms in total. The maximum atomic E-state index is 4.28. The molecule has 1 atom stereocenters. The first kappa shape index (κ1) is 10.3. The number of rotatable bonds is 4. The monoisotopic (exact) mass is 219 g/mol.